The SMILES string of the molecule is CCOC(OCC)[SiH2]CCCSCCC1CCC(CCSSSSCCC[Si](OCC)(OCC)OCC)C(CCSSSSCCC[Si](OCC)(OCC)OCC)C1. The summed E-state index contributed by atoms with van der Waals surface area (Å²) in [6.45, 7) is 21.7. The molecule has 0 aromatic rings. The highest BCUT2D eigenvalue weighted by atomic mass is 33.7. The van der Waals surface area contributed by atoms with Gasteiger partial charge in [-0.2, -0.15) is 11.8 Å². The van der Waals surface area contributed by atoms with Crippen molar-refractivity contribution in [3.05, 3.63) is 0 Å². The largest absolute Gasteiger partial charge is 0.500 e. The molecule has 1 saturated carbocycles. The molecule has 0 amide bonds. The minimum atomic E-state index is -2.53. The molecule has 3 atom stereocenters. The summed E-state index contributed by atoms with van der Waals surface area (Å²) in [5, 5.41) is 0. The van der Waals surface area contributed by atoms with Crippen LogP contribution >= 0.6 is 94.2 Å². The van der Waals surface area contributed by atoms with Crippen molar-refractivity contribution in [2.24, 2.45) is 17.8 Å². The van der Waals surface area contributed by atoms with Crippen LogP contribution < -0.4 is 0 Å². The molecule has 1 aliphatic carbocycles. The van der Waals surface area contributed by atoms with Gasteiger partial charge in [-0.1, -0.05) is 55.6 Å². The van der Waals surface area contributed by atoms with Crippen LogP contribution in [0.25, 0.3) is 0 Å². The van der Waals surface area contributed by atoms with Gasteiger partial charge in [0, 0.05) is 88.0 Å². The summed E-state index contributed by atoms with van der Waals surface area (Å²) in [5.74, 6) is 10.0. The van der Waals surface area contributed by atoms with Crippen molar-refractivity contribution < 1.29 is 36.0 Å². The van der Waals surface area contributed by atoms with Crippen LogP contribution in [-0.4, -0.2) is 120 Å². The van der Waals surface area contributed by atoms with E-state index < -0.39 is 17.6 Å². The Hall–Kier alpha value is 3.48. The molecule has 0 aromatic heterocycles. The smallest absolute Gasteiger partial charge is 0.374 e. The molecule has 8 nitrogen and oxygen atoms in total. The lowest BCUT2D eigenvalue weighted by atomic mass is 9.71. The fraction of sp³-hybridized carbons (Fsp3) is 1.00. The maximum atomic E-state index is 6.04. The van der Waals surface area contributed by atoms with Gasteiger partial charge >= 0.3 is 17.6 Å². The third kappa shape index (κ3) is 29.9. The van der Waals surface area contributed by atoms with Crippen LogP contribution in [0.15, 0.2) is 0 Å². The monoisotopic (exact) mass is 1040 g/mol. The summed E-state index contributed by atoms with van der Waals surface area (Å²) >= 11 is 2.18. The van der Waals surface area contributed by atoms with Gasteiger partial charge in [0.25, 0.3) is 0 Å². The van der Waals surface area contributed by atoms with Crippen molar-refractivity contribution in [2.75, 3.05) is 87.4 Å². The van der Waals surface area contributed by atoms with Crippen LogP contribution in [0.5, 0.6) is 0 Å². The minimum Gasteiger partial charge on any atom is -0.374 e. The van der Waals surface area contributed by atoms with E-state index in [1.807, 2.05) is 102 Å². The first-order valence-electron chi connectivity index (χ1n) is 22.2. The summed E-state index contributed by atoms with van der Waals surface area (Å²) in [5.41, 5.74) is 0. The summed E-state index contributed by atoms with van der Waals surface area (Å²) in [7, 11) is 10.5. The van der Waals surface area contributed by atoms with Gasteiger partial charge in [-0.3, -0.25) is 0 Å². The average molecular weight is 1040 g/mol. The number of rotatable bonds is 44. The molecular weight excluding hydrogens is 957 g/mol. The van der Waals surface area contributed by atoms with Crippen LogP contribution in [0.1, 0.15) is 113 Å². The van der Waals surface area contributed by atoms with Gasteiger partial charge in [-0.25, -0.2) is 0 Å². The van der Waals surface area contributed by atoms with Crippen LogP contribution in [-0.2, 0) is 36.0 Å². The molecule has 1 fully saturated rings. The predicted octanol–water partition coefficient (Wildman–Crippen LogP) is 13.5. The summed E-state index contributed by atoms with van der Waals surface area (Å²) < 4.78 is 47.8. The standard InChI is InChI=1S/C38H82O8S9Si3/c1-9-39-38(40-10-2)56-31-17-25-47-28-22-35-20-21-36(23-29-50-54-52-48-26-18-32-57(41-11-3,42-12-4)43-13-5)37(34-35)24-30-51-55-53-49-27-19-33-58(44-14-6,45-15-7)46-16-8/h35-38H,9-34,56H2,1-8H3. The zero-order valence-corrected chi connectivity index (χ0v) is 48.1. The zero-order valence-electron chi connectivity index (χ0n) is 37.3. The van der Waals surface area contributed by atoms with Crippen molar-refractivity contribution in [1.82, 2.24) is 0 Å². The van der Waals surface area contributed by atoms with Crippen LogP contribution in [0.4, 0.5) is 0 Å². The number of thioether (sulfide) groups is 1. The highest BCUT2D eigenvalue weighted by Gasteiger charge is 2.40. The van der Waals surface area contributed by atoms with Crippen molar-refractivity contribution in [3.8, 4) is 0 Å². The second kappa shape index (κ2) is 41.9. The average Bonchev–Trinajstić information content (AvgIpc) is 3.20. The molecule has 58 heavy (non-hydrogen) atoms. The third-order valence-electron chi connectivity index (χ3n) is 9.60. The molecule has 20 heteroatoms. The molecule has 1 aliphatic rings. The van der Waals surface area contributed by atoms with E-state index in [1.165, 1.54) is 74.0 Å². The van der Waals surface area contributed by atoms with E-state index in [9.17, 15) is 0 Å². The molecular formula is C38H82O8S9Si3. The number of hydrogen-bond donors (Lipinski definition) is 0. The molecule has 3 unspecified atom stereocenters. The molecule has 0 aliphatic heterocycles. The Morgan fingerprint density at radius 1 is 0.483 bits per heavy atom. The second-order valence-electron chi connectivity index (χ2n) is 13.7. The van der Waals surface area contributed by atoms with Gasteiger partial charge in [-0.05, 0) is 175 Å². The lowest BCUT2D eigenvalue weighted by Crippen LogP contribution is -2.46. The van der Waals surface area contributed by atoms with Gasteiger partial charge < -0.3 is 36.0 Å². The van der Waals surface area contributed by atoms with E-state index in [0.717, 1.165) is 67.4 Å². The summed E-state index contributed by atoms with van der Waals surface area (Å²) in [6.07, 6.45) is 11.8. The van der Waals surface area contributed by atoms with E-state index in [4.69, 9.17) is 36.0 Å². The molecule has 0 saturated heterocycles. The lowest BCUT2D eigenvalue weighted by molar-refractivity contribution is -0.0827. The molecule has 0 bridgehead atoms. The van der Waals surface area contributed by atoms with Crippen molar-refractivity contribution in [2.45, 2.75) is 137 Å². The van der Waals surface area contributed by atoms with Gasteiger partial charge in [0.2, 0.25) is 0 Å². The normalized spacial score (nSPS) is 18.1. The maximum Gasteiger partial charge on any atom is 0.500 e. The predicted molar refractivity (Wildman–Crippen MR) is 281 cm³/mol. The highest BCUT2D eigenvalue weighted by Crippen LogP contribution is 2.48. The molecule has 0 N–H and O–H groups in total. The van der Waals surface area contributed by atoms with Gasteiger partial charge in [0.1, 0.15) is 5.91 Å². The van der Waals surface area contributed by atoms with Crippen LogP contribution in [0, 0.1) is 17.8 Å². The van der Waals surface area contributed by atoms with Crippen molar-refractivity contribution >= 4 is 121 Å². The van der Waals surface area contributed by atoms with E-state index in [2.05, 4.69) is 47.2 Å². The van der Waals surface area contributed by atoms with E-state index in [-0.39, 0.29) is 15.4 Å². The van der Waals surface area contributed by atoms with E-state index in [0.29, 0.717) is 39.6 Å². The molecule has 348 valence electrons. The number of hydrogen-bond acceptors (Lipinski definition) is 17. The Labute approximate surface area is 396 Å². The minimum absolute atomic E-state index is 0.113. The lowest BCUT2D eigenvalue weighted by Gasteiger charge is -2.36. The Morgan fingerprint density at radius 2 is 0.931 bits per heavy atom. The van der Waals surface area contributed by atoms with Gasteiger partial charge in [0.15, 0.2) is 0 Å². The topological polar surface area (TPSA) is 73.8 Å². The maximum absolute atomic E-state index is 6.04. The Kier molecular flexibility index (Phi) is 43.0. The van der Waals surface area contributed by atoms with Crippen LogP contribution in [0.3, 0.4) is 0 Å². The quantitative estimate of drug-likeness (QED) is 0.0251. The van der Waals surface area contributed by atoms with E-state index in [1.54, 1.807) is 0 Å². The number of ether oxygens (including phenoxy) is 2. The molecule has 0 spiro atoms. The zero-order chi connectivity index (χ0) is 42.4. The molecule has 0 radical (unpaired) electrons. The first-order valence-corrected chi connectivity index (χ1v) is 39.3. The second-order valence-corrected chi connectivity index (χ2v) is 34.9. The third-order valence-corrected chi connectivity index (χ3v) is 32.0. The summed E-state index contributed by atoms with van der Waals surface area (Å²) in [6, 6.07) is 3.12. The fourth-order valence-corrected chi connectivity index (χ4v) is 28.5. The van der Waals surface area contributed by atoms with Gasteiger partial charge in [-0.15, -0.1) is 0 Å². The Bertz CT molecular complexity index is 867. The summed E-state index contributed by atoms with van der Waals surface area (Å²) in [4.78, 5) is 0. The molecule has 0 heterocycles. The van der Waals surface area contributed by atoms with E-state index >= 15 is 0 Å². The molecule has 0 aromatic carbocycles. The highest BCUT2D eigenvalue weighted by molar-refractivity contribution is 9.26. The van der Waals surface area contributed by atoms with Crippen molar-refractivity contribution in [3.63, 3.8) is 0 Å². The molecule has 1 rings (SSSR count). The van der Waals surface area contributed by atoms with Crippen molar-refractivity contribution in [1.29, 1.82) is 0 Å². The Balaban J connectivity index is 2.47. The van der Waals surface area contributed by atoms with Gasteiger partial charge in [0.05, 0.1) is 9.52 Å². The van der Waals surface area contributed by atoms with Crippen LogP contribution in [0.2, 0.25) is 18.1 Å². The fourth-order valence-electron chi connectivity index (χ4n) is 7.18. The Morgan fingerprint density at radius 3 is 1.38 bits per heavy atom. The first kappa shape index (κ1) is 59.5. The first-order chi connectivity index (χ1) is 28.4.